The molecular weight excluding hydrogens is 264 g/mol. The summed E-state index contributed by atoms with van der Waals surface area (Å²) in [4.78, 5) is 2.44. The Kier molecular flexibility index (Phi) is 5.62. The van der Waals surface area contributed by atoms with Crippen LogP contribution in [0, 0.1) is 13.8 Å². The first-order valence-corrected chi connectivity index (χ1v) is 7.81. The van der Waals surface area contributed by atoms with Gasteiger partial charge in [0.1, 0.15) is 5.75 Å². The zero-order valence-corrected chi connectivity index (χ0v) is 13.7. The summed E-state index contributed by atoms with van der Waals surface area (Å²) in [6, 6.07) is 4.12. The van der Waals surface area contributed by atoms with Crippen molar-refractivity contribution in [2.24, 2.45) is 5.73 Å². The Morgan fingerprint density at radius 3 is 2.81 bits per heavy atom. The quantitative estimate of drug-likeness (QED) is 0.905. The highest BCUT2D eigenvalue weighted by molar-refractivity contribution is 5.43. The number of hydrogen-bond donors (Lipinski definition) is 1. The monoisotopic (exact) mass is 292 g/mol. The first kappa shape index (κ1) is 16.3. The fraction of sp³-hybridized carbons (Fsp3) is 0.647. The van der Waals surface area contributed by atoms with Gasteiger partial charge in [-0.2, -0.15) is 0 Å². The minimum absolute atomic E-state index is 0.0665. The molecule has 1 saturated heterocycles. The van der Waals surface area contributed by atoms with E-state index in [0.717, 1.165) is 43.1 Å². The summed E-state index contributed by atoms with van der Waals surface area (Å²) in [6.45, 7) is 10.2. The molecule has 0 aromatic heterocycles. The second kappa shape index (κ2) is 7.25. The topological polar surface area (TPSA) is 47.7 Å². The van der Waals surface area contributed by atoms with Gasteiger partial charge in [0.15, 0.2) is 0 Å². The molecule has 4 nitrogen and oxygen atoms in total. The van der Waals surface area contributed by atoms with Crippen LogP contribution in [-0.2, 0) is 4.74 Å². The molecule has 1 fully saturated rings. The average molecular weight is 292 g/mol. The van der Waals surface area contributed by atoms with E-state index < -0.39 is 0 Å². The van der Waals surface area contributed by atoms with Crippen molar-refractivity contribution < 1.29 is 9.47 Å². The number of ether oxygens (including phenoxy) is 2. The average Bonchev–Trinajstić information content (AvgIpc) is 2.49. The molecule has 0 amide bonds. The number of benzene rings is 1. The summed E-state index contributed by atoms with van der Waals surface area (Å²) >= 11 is 0. The Bertz CT molecular complexity index is 474. The van der Waals surface area contributed by atoms with E-state index in [1.54, 1.807) is 7.11 Å². The van der Waals surface area contributed by atoms with Gasteiger partial charge >= 0.3 is 0 Å². The zero-order valence-electron chi connectivity index (χ0n) is 13.7. The maximum atomic E-state index is 6.50. The molecule has 2 rings (SSSR count). The van der Waals surface area contributed by atoms with Gasteiger partial charge in [0.05, 0.1) is 25.9 Å². The van der Waals surface area contributed by atoms with Crippen LogP contribution in [0.1, 0.15) is 36.1 Å². The number of morpholine rings is 1. The van der Waals surface area contributed by atoms with Crippen molar-refractivity contribution in [2.45, 2.75) is 39.3 Å². The molecule has 1 heterocycles. The fourth-order valence-electron chi connectivity index (χ4n) is 3.06. The van der Waals surface area contributed by atoms with Gasteiger partial charge in [0.2, 0.25) is 0 Å². The number of rotatable bonds is 5. The molecule has 21 heavy (non-hydrogen) atoms. The molecule has 4 heteroatoms. The Hall–Kier alpha value is -1.10. The Morgan fingerprint density at radius 1 is 1.38 bits per heavy atom. The largest absolute Gasteiger partial charge is 0.496 e. The van der Waals surface area contributed by atoms with Crippen molar-refractivity contribution in [1.29, 1.82) is 0 Å². The number of nitrogens with zero attached hydrogens (tertiary/aromatic N) is 1. The van der Waals surface area contributed by atoms with E-state index >= 15 is 0 Å². The summed E-state index contributed by atoms with van der Waals surface area (Å²) in [7, 11) is 1.70. The summed E-state index contributed by atoms with van der Waals surface area (Å²) in [5, 5.41) is 0. The standard InChI is InChI=1S/C17H28N2O2/c1-5-6-19-7-8-21-16(11-19)17(18)14-9-13(3)15(20-4)10-12(14)2/h9-10,16-17H,5-8,11,18H2,1-4H3. The normalized spacial score (nSPS) is 21.3. The van der Waals surface area contributed by atoms with Crippen molar-refractivity contribution in [3.63, 3.8) is 0 Å². The number of hydrogen-bond acceptors (Lipinski definition) is 4. The summed E-state index contributed by atoms with van der Waals surface area (Å²) in [5.74, 6) is 0.917. The van der Waals surface area contributed by atoms with E-state index in [2.05, 4.69) is 37.8 Å². The van der Waals surface area contributed by atoms with Crippen molar-refractivity contribution in [1.82, 2.24) is 4.90 Å². The van der Waals surface area contributed by atoms with Crippen LogP contribution in [0.25, 0.3) is 0 Å². The van der Waals surface area contributed by atoms with E-state index in [4.69, 9.17) is 15.2 Å². The van der Waals surface area contributed by atoms with Gasteiger partial charge in [-0.25, -0.2) is 0 Å². The third-order valence-electron chi connectivity index (χ3n) is 4.26. The first-order valence-electron chi connectivity index (χ1n) is 7.81. The van der Waals surface area contributed by atoms with E-state index in [1.807, 2.05) is 0 Å². The summed E-state index contributed by atoms with van der Waals surface area (Å²) in [5.41, 5.74) is 9.95. The highest BCUT2D eigenvalue weighted by Crippen LogP contribution is 2.29. The number of methoxy groups -OCH3 is 1. The second-order valence-corrected chi connectivity index (χ2v) is 5.91. The lowest BCUT2D eigenvalue weighted by molar-refractivity contribution is -0.0408. The molecule has 0 spiro atoms. The molecule has 2 atom stereocenters. The minimum atomic E-state index is -0.0886. The van der Waals surface area contributed by atoms with Gasteiger partial charge in [-0.3, -0.25) is 4.90 Å². The van der Waals surface area contributed by atoms with Gasteiger partial charge in [-0.1, -0.05) is 13.0 Å². The second-order valence-electron chi connectivity index (χ2n) is 5.91. The molecule has 0 bridgehead atoms. The van der Waals surface area contributed by atoms with Crippen molar-refractivity contribution in [3.05, 3.63) is 28.8 Å². The van der Waals surface area contributed by atoms with Crippen LogP contribution in [0.4, 0.5) is 0 Å². The van der Waals surface area contributed by atoms with Crippen molar-refractivity contribution in [2.75, 3.05) is 33.4 Å². The van der Waals surface area contributed by atoms with E-state index in [1.165, 1.54) is 12.0 Å². The third-order valence-corrected chi connectivity index (χ3v) is 4.26. The van der Waals surface area contributed by atoms with Crippen LogP contribution in [0.3, 0.4) is 0 Å². The van der Waals surface area contributed by atoms with Crippen LogP contribution in [-0.4, -0.2) is 44.4 Å². The molecule has 118 valence electrons. The predicted octanol–water partition coefficient (Wildman–Crippen LogP) is 2.42. The smallest absolute Gasteiger partial charge is 0.122 e. The molecule has 0 aliphatic carbocycles. The molecule has 0 saturated carbocycles. The summed E-state index contributed by atoms with van der Waals surface area (Å²) in [6.07, 6.45) is 1.24. The van der Waals surface area contributed by atoms with Crippen LogP contribution in [0.5, 0.6) is 5.75 Å². The Morgan fingerprint density at radius 2 is 2.14 bits per heavy atom. The lowest BCUT2D eigenvalue weighted by Gasteiger charge is -2.36. The lowest BCUT2D eigenvalue weighted by Crippen LogP contribution is -2.47. The van der Waals surface area contributed by atoms with Gasteiger partial charge < -0.3 is 15.2 Å². The van der Waals surface area contributed by atoms with Crippen LogP contribution < -0.4 is 10.5 Å². The van der Waals surface area contributed by atoms with Gasteiger partial charge in [-0.05, 0) is 49.6 Å². The SMILES string of the molecule is CCCN1CCOC(C(N)c2cc(C)c(OC)cc2C)C1. The lowest BCUT2D eigenvalue weighted by atomic mass is 9.94. The molecule has 2 unspecified atom stereocenters. The maximum Gasteiger partial charge on any atom is 0.122 e. The molecule has 0 radical (unpaired) electrons. The van der Waals surface area contributed by atoms with Crippen molar-refractivity contribution >= 4 is 0 Å². The highest BCUT2D eigenvalue weighted by Gasteiger charge is 2.27. The van der Waals surface area contributed by atoms with Crippen molar-refractivity contribution in [3.8, 4) is 5.75 Å². The van der Waals surface area contributed by atoms with Gasteiger partial charge in [0.25, 0.3) is 0 Å². The maximum absolute atomic E-state index is 6.50. The van der Waals surface area contributed by atoms with Gasteiger partial charge in [-0.15, -0.1) is 0 Å². The van der Waals surface area contributed by atoms with Crippen LogP contribution in [0.15, 0.2) is 12.1 Å². The highest BCUT2D eigenvalue weighted by atomic mass is 16.5. The molecule has 1 aromatic carbocycles. The van der Waals surface area contributed by atoms with Gasteiger partial charge in [0, 0.05) is 13.1 Å². The minimum Gasteiger partial charge on any atom is -0.496 e. The third kappa shape index (κ3) is 3.76. The fourth-order valence-corrected chi connectivity index (χ4v) is 3.06. The Labute approximate surface area is 128 Å². The number of nitrogens with two attached hydrogens (primary N) is 1. The van der Waals surface area contributed by atoms with E-state index in [-0.39, 0.29) is 12.1 Å². The predicted molar refractivity (Wildman–Crippen MR) is 85.9 cm³/mol. The van der Waals surface area contributed by atoms with Crippen LogP contribution >= 0.6 is 0 Å². The van der Waals surface area contributed by atoms with Crippen LogP contribution in [0.2, 0.25) is 0 Å². The van der Waals surface area contributed by atoms with E-state index in [9.17, 15) is 0 Å². The molecule has 1 aromatic rings. The number of aryl methyl sites for hydroxylation is 2. The molecule has 1 aliphatic rings. The molecule has 2 N–H and O–H groups in total. The van der Waals surface area contributed by atoms with E-state index in [0.29, 0.717) is 0 Å². The zero-order chi connectivity index (χ0) is 15.4. The summed E-state index contributed by atoms with van der Waals surface area (Å²) < 4.78 is 11.3. The molecule has 1 aliphatic heterocycles. The molecular formula is C17H28N2O2. The Balaban J connectivity index is 2.15. The first-order chi connectivity index (χ1) is 10.1.